The molecule has 0 fully saturated rings. The largest absolute Gasteiger partial charge is 0.294 e. The predicted octanol–water partition coefficient (Wildman–Crippen LogP) is 4.46. The Hall–Kier alpha value is -1.55. The third kappa shape index (κ3) is 3.07. The number of carbonyl (C=O) groups excluding carboxylic acids is 1. The summed E-state index contributed by atoms with van der Waals surface area (Å²) >= 11 is 3.04. The number of aryl methyl sites for hydroxylation is 1. The molecule has 0 spiro atoms. The molecule has 4 heteroatoms. The molecule has 0 radical (unpaired) electrons. The van der Waals surface area contributed by atoms with Crippen LogP contribution in [-0.2, 0) is 6.42 Å². The van der Waals surface area contributed by atoms with Gasteiger partial charge in [0.25, 0.3) is 0 Å². The lowest BCUT2D eigenvalue weighted by atomic mass is 9.99. The Morgan fingerprint density at radius 2 is 1.95 bits per heavy atom. The molecular formula is C15H11BrF2O. The molecule has 0 unspecified atom stereocenters. The van der Waals surface area contributed by atoms with Gasteiger partial charge in [-0.3, -0.25) is 4.79 Å². The summed E-state index contributed by atoms with van der Waals surface area (Å²) in [4.78, 5) is 12.1. The van der Waals surface area contributed by atoms with Gasteiger partial charge in [-0.25, -0.2) is 8.78 Å². The van der Waals surface area contributed by atoms with Crippen molar-refractivity contribution < 1.29 is 13.6 Å². The van der Waals surface area contributed by atoms with Crippen molar-refractivity contribution in [3.8, 4) is 0 Å². The Morgan fingerprint density at radius 3 is 2.68 bits per heavy atom. The van der Waals surface area contributed by atoms with Crippen molar-refractivity contribution in [2.45, 2.75) is 13.3 Å². The fourth-order valence-corrected chi connectivity index (χ4v) is 2.18. The van der Waals surface area contributed by atoms with E-state index in [1.54, 1.807) is 19.1 Å². The van der Waals surface area contributed by atoms with Crippen LogP contribution in [-0.4, -0.2) is 5.78 Å². The lowest BCUT2D eigenvalue weighted by molar-refractivity contribution is 0.0988. The highest BCUT2D eigenvalue weighted by molar-refractivity contribution is 9.10. The number of Topliss-reactive ketones (excluding diaryl/α,β-unsaturated/α-hetero) is 1. The maximum Gasteiger partial charge on any atom is 0.170 e. The summed E-state index contributed by atoms with van der Waals surface area (Å²) in [5.74, 6) is -1.35. The van der Waals surface area contributed by atoms with Gasteiger partial charge in [-0.1, -0.05) is 12.1 Å². The minimum Gasteiger partial charge on any atom is -0.294 e. The van der Waals surface area contributed by atoms with Gasteiger partial charge in [0.1, 0.15) is 11.6 Å². The molecule has 0 atom stereocenters. The molecule has 2 rings (SSSR count). The molecule has 19 heavy (non-hydrogen) atoms. The standard InChI is InChI=1S/C15H11BrF2O/c1-9-5-6-11(17)7-10(9)8-14(19)12-3-2-4-13(16)15(12)18/h2-7H,8H2,1H3. The summed E-state index contributed by atoms with van der Waals surface area (Å²) in [6.45, 7) is 1.79. The second-order valence-electron chi connectivity index (χ2n) is 4.27. The van der Waals surface area contributed by atoms with Crippen LogP contribution in [0.4, 0.5) is 8.78 Å². The third-order valence-electron chi connectivity index (χ3n) is 2.91. The smallest absolute Gasteiger partial charge is 0.170 e. The van der Waals surface area contributed by atoms with Crippen molar-refractivity contribution in [3.05, 3.63) is 69.2 Å². The number of rotatable bonds is 3. The van der Waals surface area contributed by atoms with Crippen molar-refractivity contribution >= 4 is 21.7 Å². The van der Waals surface area contributed by atoms with Gasteiger partial charge in [0.05, 0.1) is 10.0 Å². The SMILES string of the molecule is Cc1ccc(F)cc1CC(=O)c1cccc(Br)c1F. The highest BCUT2D eigenvalue weighted by Crippen LogP contribution is 2.21. The summed E-state index contributed by atoms with van der Waals surface area (Å²) in [6.07, 6.45) is -0.0169. The minimum atomic E-state index is -0.582. The maximum atomic E-state index is 13.8. The van der Waals surface area contributed by atoms with E-state index < -0.39 is 11.6 Å². The van der Waals surface area contributed by atoms with E-state index in [-0.39, 0.29) is 22.2 Å². The fourth-order valence-electron chi connectivity index (χ4n) is 1.82. The highest BCUT2D eigenvalue weighted by Gasteiger charge is 2.15. The Labute approximate surface area is 118 Å². The van der Waals surface area contributed by atoms with Crippen LogP contribution in [0.5, 0.6) is 0 Å². The zero-order chi connectivity index (χ0) is 14.0. The van der Waals surface area contributed by atoms with E-state index in [0.29, 0.717) is 5.56 Å². The van der Waals surface area contributed by atoms with E-state index in [9.17, 15) is 13.6 Å². The first-order valence-electron chi connectivity index (χ1n) is 5.71. The Morgan fingerprint density at radius 1 is 1.21 bits per heavy atom. The van der Waals surface area contributed by atoms with Crippen LogP contribution in [0.2, 0.25) is 0 Å². The zero-order valence-corrected chi connectivity index (χ0v) is 11.8. The maximum absolute atomic E-state index is 13.8. The molecule has 0 bridgehead atoms. The number of hydrogen-bond acceptors (Lipinski definition) is 1. The molecule has 0 saturated heterocycles. The highest BCUT2D eigenvalue weighted by atomic mass is 79.9. The lowest BCUT2D eigenvalue weighted by Crippen LogP contribution is -2.08. The summed E-state index contributed by atoms with van der Waals surface area (Å²) < 4.78 is 27.2. The summed E-state index contributed by atoms with van der Waals surface area (Å²) in [6, 6.07) is 8.80. The topological polar surface area (TPSA) is 17.1 Å². The van der Waals surface area contributed by atoms with Crippen LogP contribution in [0.25, 0.3) is 0 Å². The molecule has 0 aromatic heterocycles. The van der Waals surface area contributed by atoms with Crippen molar-refractivity contribution in [1.29, 1.82) is 0 Å². The molecule has 98 valence electrons. The summed E-state index contributed by atoms with van der Waals surface area (Å²) in [5.41, 5.74) is 1.40. The van der Waals surface area contributed by atoms with Crippen LogP contribution in [0.1, 0.15) is 21.5 Å². The second-order valence-corrected chi connectivity index (χ2v) is 5.13. The van der Waals surface area contributed by atoms with Gasteiger partial charge in [-0.05, 0) is 58.2 Å². The first-order chi connectivity index (χ1) is 8.99. The van der Waals surface area contributed by atoms with E-state index in [1.807, 2.05) is 0 Å². The second kappa shape index (κ2) is 5.61. The average Bonchev–Trinajstić information content (AvgIpc) is 2.37. The number of halogens is 3. The molecular weight excluding hydrogens is 314 g/mol. The third-order valence-corrected chi connectivity index (χ3v) is 3.53. The van der Waals surface area contributed by atoms with Gasteiger partial charge in [0.15, 0.2) is 5.78 Å². The van der Waals surface area contributed by atoms with Crippen LogP contribution in [0, 0.1) is 18.6 Å². The predicted molar refractivity (Wildman–Crippen MR) is 73.3 cm³/mol. The zero-order valence-electron chi connectivity index (χ0n) is 10.2. The van der Waals surface area contributed by atoms with E-state index in [2.05, 4.69) is 15.9 Å². The fraction of sp³-hybridized carbons (Fsp3) is 0.133. The van der Waals surface area contributed by atoms with Gasteiger partial charge in [0, 0.05) is 6.42 Å². The van der Waals surface area contributed by atoms with Crippen molar-refractivity contribution in [2.24, 2.45) is 0 Å². The first kappa shape index (κ1) is 13.9. The number of ketones is 1. The average molecular weight is 325 g/mol. The molecule has 0 aliphatic rings. The number of benzene rings is 2. The molecule has 0 N–H and O–H groups in total. The monoisotopic (exact) mass is 324 g/mol. The minimum absolute atomic E-state index is 0.0121. The van der Waals surface area contributed by atoms with E-state index in [0.717, 1.165) is 5.56 Å². The Balaban J connectivity index is 2.31. The number of hydrogen-bond donors (Lipinski definition) is 0. The summed E-state index contributed by atoms with van der Waals surface area (Å²) in [5, 5.41) is 0. The van der Waals surface area contributed by atoms with Crippen molar-refractivity contribution in [1.82, 2.24) is 0 Å². The van der Waals surface area contributed by atoms with Gasteiger partial charge in [0.2, 0.25) is 0 Å². The first-order valence-corrected chi connectivity index (χ1v) is 6.50. The normalized spacial score (nSPS) is 10.5. The van der Waals surface area contributed by atoms with Crippen molar-refractivity contribution in [3.63, 3.8) is 0 Å². The quantitative estimate of drug-likeness (QED) is 0.762. The van der Waals surface area contributed by atoms with Crippen LogP contribution < -0.4 is 0 Å². The number of carbonyl (C=O) groups is 1. The van der Waals surface area contributed by atoms with Gasteiger partial charge < -0.3 is 0 Å². The summed E-state index contributed by atoms with van der Waals surface area (Å²) in [7, 11) is 0. The molecule has 0 aliphatic carbocycles. The molecule has 0 amide bonds. The Kier molecular flexibility index (Phi) is 4.10. The van der Waals surface area contributed by atoms with Crippen LogP contribution >= 0.6 is 15.9 Å². The van der Waals surface area contributed by atoms with E-state index >= 15 is 0 Å². The van der Waals surface area contributed by atoms with Crippen LogP contribution in [0.3, 0.4) is 0 Å². The van der Waals surface area contributed by atoms with Crippen LogP contribution in [0.15, 0.2) is 40.9 Å². The molecule has 0 aliphatic heterocycles. The lowest BCUT2D eigenvalue weighted by Gasteiger charge is -2.07. The molecule has 0 heterocycles. The molecule has 2 aromatic rings. The van der Waals surface area contributed by atoms with E-state index in [1.165, 1.54) is 24.3 Å². The van der Waals surface area contributed by atoms with Gasteiger partial charge in [-0.15, -0.1) is 0 Å². The molecule has 2 aromatic carbocycles. The molecule has 1 nitrogen and oxygen atoms in total. The Bertz CT molecular complexity index is 638. The van der Waals surface area contributed by atoms with E-state index in [4.69, 9.17) is 0 Å². The van der Waals surface area contributed by atoms with Crippen molar-refractivity contribution in [2.75, 3.05) is 0 Å². The van der Waals surface area contributed by atoms with Gasteiger partial charge >= 0.3 is 0 Å². The molecule has 0 saturated carbocycles. The van der Waals surface area contributed by atoms with Gasteiger partial charge in [-0.2, -0.15) is 0 Å².